The topological polar surface area (TPSA) is 54.5 Å². The number of amides is 1. The first-order valence-electron chi connectivity index (χ1n) is 11.0. The number of pyridine rings is 1. The van der Waals surface area contributed by atoms with E-state index in [-0.39, 0.29) is 17.4 Å². The van der Waals surface area contributed by atoms with Crippen LogP contribution in [0.3, 0.4) is 0 Å². The molecule has 2 heterocycles. The van der Waals surface area contributed by atoms with Gasteiger partial charge in [0.2, 0.25) is 5.91 Å². The lowest BCUT2D eigenvalue weighted by Gasteiger charge is -2.17. The lowest BCUT2D eigenvalue weighted by molar-refractivity contribution is -0.124. The minimum absolute atomic E-state index is 0.0489. The number of rotatable bonds is 8. The van der Waals surface area contributed by atoms with Crippen molar-refractivity contribution in [3.63, 3.8) is 0 Å². The van der Waals surface area contributed by atoms with Gasteiger partial charge in [-0.3, -0.25) is 14.7 Å². The van der Waals surface area contributed by atoms with Crippen LogP contribution in [0.15, 0.2) is 72.9 Å². The summed E-state index contributed by atoms with van der Waals surface area (Å²) in [6.07, 6.45) is 2.52. The molecule has 1 saturated heterocycles. The summed E-state index contributed by atoms with van der Waals surface area (Å²) in [7, 11) is 0. The van der Waals surface area contributed by atoms with Crippen LogP contribution in [-0.2, 0) is 23.8 Å². The standard InChI is InChI=1S/C26H27F2N3O2/c1-26(27,28)21-7-5-10-24(15-21)33-23-9-4-6-19(14-23)17-31-13-11-20(18-31)25(32)30-16-22-8-2-3-12-29-22/h2-10,12,14-15,20H,11,13,16-18H2,1H3,(H,30,32). The quantitative estimate of drug-likeness (QED) is 0.516. The number of hydrogen-bond donors (Lipinski definition) is 1. The van der Waals surface area contributed by atoms with E-state index in [0.29, 0.717) is 31.1 Å². The number of nitrogens with zero attached hydrogens (tertiary/aromatic N) is 2. The Morgan fingerprint density at radius 2 is 1.91 bits per heavy atom. The number of ether oxygens (including phenoxy) is 1. The smallest absolute Gasteiger partial charge is 0.270 e. The maximum atomic E-state index is 13.6. The monoisotopic (exact) mass is 451 g/mol. The van der Waals surface area contributed by atoms with Gasteiger partial charge >= 0.3 is 0 Å². The van der Waals surface area contributed by atoms with Crippen molar-refractivity contribution in [1.82, 2.24) is 15.2 Å². The molecule has 1 amide bonds. The fraction of sp³-hybridized carbons (Fsp3) is 0.308. The maximum Gasteiger partial charge on any atom is 0.270 e. The van der Waals surface area contributed by atoms with E-state index in [4.69, 9.17) is 4.74 Å². The summed E-state index contributed by atoms with van der Waals surface area (Å²) in [5.74, 6) is -1.96. The van der Waals surface area contributed by atoms with E-state index in [0.717, 1.165) is 31.1 Å². The van der Waals surface area contributed by atoms with Crippen molar-refractivity contribution in [2.24, 2.45) is 5.92 Å². The Labute approximate surface area is 192 Å². The minimum atomic E-state index is -2.92. The summed E-state index contributed by atoms with van der Waals surface area (Å²) in [5, 5.41) is 2.98. The molecule has 1 aliphatic heterocycles. The van der Waals surface area contributed by atoms with Crippen molar-refractivity contribution in [2.75, 3.05) is 13.1 Å². The number of nitrogens with one attached hydrogen (secondary N) is 1. The lowest BCUT2D eigenvalue weighted by atomic mass is 10.1. The zero-order chi connectivity index (χ0) is 23.3. The van der Waals surface area contributed by atoms with Gasteiger partial charge in [0, 0.05) is 31.8 Å². The van der Waals surface area contributed by atoms with E-state index in [2.05, 4.69) is 15.2 Å². The van der Waals surface area contributed by atoms with E-state index in [1.54, 1.807) is 24.4 Å². The molecular formula is C26H27F2N3O2. The van der Waals surface area contributed by atoms with Gasteiger partial charge in [-0.15, -0.1) is 0 Å². The number of likely N-dealkylation sites (tertiary alicyclic amines) is 1. The predicted molar refractivity (Wildman–Crippen MR) is 122 cm³/mol. The average molecular weight is 452 g/mol. The van der Waals surface area contributed by atoms with E-state index in [9.17, 15) is 13.6 Å². The van der Waals surface area contributed by atoms with Crippen LogP contribution in [0.25, 0.3) is 0 Å². The van der Waals surface area contributed by atoms with Crippen molar-refractivity contribution in [3.8, 4) is 11.5 Å². The number of carbonyl (C=O) groups is 1. The van der Waals surface area contributed by atoms with Gasteiger partial charge in [-0.1, -0.05) is 30.3 Å². The summed E-state index contributed by atoms with van der Waals surface area (Å²) >= 11 is 0. The zero-order valence-corrected chi connectivity index (χ0v) is 18.5. The fourth-order valence-electron chi connectivity index (χ4n) is 3.95. The third kappa shape index (κ3) is 6.35. The Morgan fingerprint density at radius 3 is 2.67 bits per heavy atom. The Morgan fingerprint density at radius 1 is 1.12 bits per heavy atom. The summed E-state index contributed by atoms with van der Waals surface area (Å²) in [6.45, 7) is 3.51. The highest BCUT2D eigenvalue weighted by atomic mass is 19.3. The lowest BCUT2D eigenvalue weighted by Crippen LogP contribution is -2.32. The summed E-state index contributed by atoms with van der Waals surface area (Å²) < 4.78 is 33.0. The molecule has 1 unspecified atom stereocenters. The van der Waals surface area contributed by atoms with E-state index >= 15 is 0 Å². The van der Waals surface area contributed by atoms with Gasteiger partial charge in [-0.25, -0.2) is 8.78 Å². The number of benzene rings is 2. The molecule has 0 aliphatic carbocycles. The second kappa shape index (κ2) is 10.1. The van der Waals surface area contributed by atoms with Crippen LogP contribution in [0.2, 0.25) is 0 Å². The molecule has 1 fully saturated rings. The van der Waals surface area contributed by atoms with Crippen LogP contribution in [0, 0.1) is 5.92 Å². The highest BCUT2D eigenvalue weighted by molar-refractivity contribution is 5.79. The van der Waals surface area contributed by atoms with Crippen molar-refractivity contribution in [2.45, 2.75) is 32.4 Å². The number of alkyl halides is 2. The van der Waals surface area contributed by atoms with E-state index < -0.39 is 5.92 Å². The largest absolute Gasteiger partial charge is 0.457 e. The Balaban J connectivity index is 1.31. The zero-order valence-electron chi connectivity index (χ0n) is 18.5. The highest BCUT2D eigenvalue weighted by Crippen LogP contribution is 2.31. The molecular weight excluding hydrogens is 424 g/mol. The van der Waals surface area contributed by atoms with Crippen LogP contribution in [0.1, 0.15) is 30.2 Å². The van der Waals surface area contributed by atoms with Crippen LogP contribution in [0.4, 0.5) is 8.78 Å². The normalized spacial score (nSPS) is 16.5. The first-order chi connectivity index (χ1) is 15.9. The summed E-state index contributed by atoms with van der Waals surface area (Å²) in [5.41, 5.74) is 1.80. The number of hydrogen-bond acceptors (Lipinski definition) is 4. The molecule has 1 aliphatic rings. The van der Waals surface area contributed by atoms with Gasteiger partial charge in [0.1, 0.15) is 11.5 Å². The SMILES string of the molecule is CC(F)(F)c1cccc(Oc2cccc(CN3CCC(C(=O)NCc4ccccn4)C3)c2)c1. The number of aromatic nitrogens is 1. The predicted octanol–water partition coefficient (Wildman–Crippen LogP) is 5.12. The summed E-state index contributed by atoms with van der Waals surface area (Å²) in [6, 6.07) is 19.2. The molecule has 3 aromatic rings. The van der Waals surface area contributed by atoms with Crippen molar-refractivity contribution in [1.29, 1.82) is 0 Å². The van der Waals surface area contributed by atoms with Gasteiger partial charge in [0.25, 0.3) is 5.92 Å². The molecule has 1 atom stereocenters. The molecule has 172 valence electrons. The first-order valence-corrected chi connectivity index (χ1v) is 11.0. The fourth-order valence-corrected chi connectivity index (χ4v) is 3.95. The van der Waals surface area contributed by atoms with E-state index in [1.165, 1.54) is 12.1 Å². The number of halogens is 2. The molecule has 4 rings (SSSR count). The second-order valence-electron chi connectivity index (χ2n) is 8.43. The molecule has 1 N–H and O–H groups in total. The molecule has 0 radical (unpaired) electrons. The van der Waals surface area contributed by atoms with Crippen molar-refractivity contribution < 1.29 is 18.3 Å². The molecule has 1 aromatic heterocycles. The van der Waals surface area contributed by atoms with Crippen molar-refractivity contribution in [3.05, 3.63) is 89.7 Å². The van der Waals surface area contributed by atoms with Crippen LogP contribution in [0.5, 0.6) is 11.5 Å². The molecule has 0 bridgehead atoms. The Bertz CT molecular complexity index is 1090. The van der Waals surface area contributed by atoms with E-state index in [1.807, 2.05) is 36.4 Å². The van der Waals surface area contributed by atoms with Gasteiger partial charge in [-0.2, -0.15) is 0 Å². The molecule has 0 saturated carbocycles. The molecule has 0 spiro atoms. The van der Waals surface area contributed by atoms with Gasteiger partial charge in [-0.05, 0) is 54.9 Å². The van der Waals surface area contributed by atoms with Gasteiger partial charge in [0.05, 0.1) is 18.2 Å². The maximum absolute atomic E-state index is 13.6. The van der Waals surface area contributed by atoms with Crippen LogP contribution < -0.4 is 10.1 Å². The van der Waals surface area contributed by atoms with Gasteiger partial charge < -0.3 is 10.1 Å². The third-order valence-electron chi connectivity index (χ3n) is 5.69. The first kappa shape index (κ1) is 22.9. The third-order valence-corrected chi connectivity index (χ3v) is 5.69. The molecule has 2 aromatic carbocycles. The average Bonchev–Trinajstić information content (AvgIpc) is 3.27. The second-order valence-corrected chi connectivity index (χ2v) is 8.43. The Kier molecular flexibility index (Phi) is 6.99. The van der Waals surface area contributed by atoms with Gasteiger partial charge in [0.15, 0.2) is 0 Å². The highest BCUT2D eigenvalue weighted by Gasteiger charge is 2.28. The van der Waals surface area contributed by atoms with Crippen LogP contribution >= 0.6 is 0 Å². The van der Waals surface area contributed by atoms with Crippen LogP contribution in [-0.4, -0.2) is 28.9 Å². The molecule has 7 heteroatoms. The Hall–Kier alpha value is -3.32. The molecule has 5 nitrogen and oxygen atoms in total. The molecule has 33 heavy (non-hydrogen) atoms. The van der Waals surface area contributed by atoms with Crippen molar-refractivity contribution >= 4 is 5.91 Å². The number of carbonyl (C=O) groups excluding carboxylic acids is 1. The minimum Gasteiger partial charge on any atom is -0.457 e. The summed E-state index contributed by atoms with van der Waals surface area (Å²) in [4.78, 5) is 19.0.